The van der Waals surface area contributed by atoms with Crippen molar-refractivity contribution in [1.29, 1.82) is 0 Å². The summed E-state index contributed by atoms with van der Waals surface area (Å²) in [5.74, 6) is 0. The van der Waals surface area contributed by atoms with Crippen LogP contribution in [0.5, 0.6) is 0 Å². The number of aryl methyl sites for hydroxylation is 2. The molecule has 0 saturated carbocycles. The minimum absolute atomic E-state index is 0.0664. The number of benzene rings is 7. The minimum atomic E-state index is -0.113. The Kier molecular flexibility index (Phi) is 10.3. The molecule has 372 valence electrons. The quantitative estimate of drug-likeness (QED) is 0.141. The van der Waals surface area contributed by atoms with Gasteiger partial charge < -0.3 is 14.1 Å². The summed E-state index contributed by atoms with van der Waals surface area (Å²) in [6, 6.07) is 46.2. The molecule has 0 spiro atoms. The van der Waals surface area contributed by atoms with E-state index in [1.54, 1.807) is 0 Å². The molecule has 4 aliphatic rings. The zero-order valence-corrected chi connectivity index (χ0v) is 46.9. The van der Waals surface area contributed by atoms with Gasteiger partial charge in [-0.2, -0.15) is 0 Å². The van der Waals surface area contributed by atoms with Crippen molar-refractivity contribution in [3.05, 3.63) is 149 Å². The van der Waals surface area contributed by atoms with Crippen LogP contribution in [-0.4, -0.2) is 6.85 Å². The molecule has 0 fully saturated rings. The van der Waals surface area contributed by atoms with Crippen LogP contribution < -0.4 is 20.0 Å². The third-order valence-electron chi connectivity index (χ3n) is 18.7. The van der Waals surface area contributed by atoms with Crippen molar-refractivity contribution < 1.29 is 4.42 Å². The van der Waals surface area contributed by atoms with Crippen LogP contribution in [0.2, 0.25) is 0 Å². The lowest BCUT2D eigenvalue weighted by molar-refractivity contribution is 0.332. The lowest BCUT2D eigenvalue weighted by Crippen LogP contribution is -2.60. The van der Waals surface area contributed by atoms with Crippen LogP contribution in [0.1, 0.15) is 154 Å². The van der Waals surface area contributed by atoms with Gasteiger partial charge in [0, 0.05) is 79.7 Å². The number of furan rings is 1. The Bertz CT molecular complexity index is 3950. The summed E-state index contributed by atoms with van der Waals surface area (Å²) >= 11 is 4.01. The molecule has 10 aromatic rings. The molecule has 0 amide bonds. The number of hydrogen-bond donors (Lipinski definition) is 0. The van der Waals surface area contributed by atoms with Gasteiger partial charge in [-0.1, -0.05) is 125 Å². The zero-order chi connectivity index (χ0) is 50.8. The minimum Gasteiger partial charge on any atom is -0.455 e. The van der Waals surface area contributed by atoms with E-state index in [2.05, 4.69) is 194 Å². The lowest BCUT2D eigenvalue weighted by Gasteiger charge is -2.45. The third-order valence-corrected chi connectivity index (χ3v) is 21.0. The molecule has 14 rings (SSSR count). The predicted octanol–water partition coefficient (Wildman–Crippen LogP) is 19.3. The van der Waals surface area contributed by atoms with Crippen LogP contribution in [0.15, 0.2) is 120 Å². The Balaban J connectivity index is 1.13. The highest BCUT2D eigenvalue weighted by molar-refractivity contribution is 7.32. The second-order valence-corrected chi connectivity index (χ2v) is 27.6. The maximum atomic E-state index is 7.30. The van der Waals surface area contributed by atoms with Crippen LogP contribution in [0.4, 0.5) is 28.4 Å². The van der Waals surface area contributed by atoms with Gasteiger partial charge in [-0.15, -0.1) is 22.7 Å². The monoisotopic (exact) mass is 1000 g/mol. The molecule has 3 aromatic heterocycles. The molecule has 2 aliphatic heterocycles. The van der Waals surface area contributed by atoms with Crippen molar-refractivity contribution in [2.45, 2.75) is 155 Å². The van der Waals surface area contributed by atoms with Crippen LogP contribution >= 0.6 is 22.7 Å². The molecular weight excluding hydrogens is 936 g/mol. The largest absolute Gasteiger partial charge is 0.455 e. The normalized spacial score (nSPS) is 17.8. The number of rotatable bonds is 8. The van der Waals surface area contributed by atoms with Crippen molar-refractivity contribution in [3.8, 4) is 11.1 Å². The molecule has 0 unspecified atom stereocenters. The summed E-state index contributed by atoms with van der Waals surface area (Å²) in [4.78, 5) is 5.45. The fourth-order valence-corrected chi connectivity index (χ4v) is 16.5. The third kappa shape index (κ3) is 6.81. The van der Waals surface area contributed by atoms with Gasteiger partial charge in [-0.25, -0.2) is 0 Å². The SMILES string of the molecule is CCCCc1ccc(N2B3c4sc5cc6c(cc5c4N(c4ccc(CCCC)cc4)c4cc5c(oc7ccccc75)c(c43)-c3cc4c(cc32)sc2cc3c(cc24)C(C)(C)CCC3(C)C)C(C)(C)CCC6(C)C)cc1. The molecular formula is C68H69BN2OS2. The van der Waals surface area contributed by atoms with Crippen molar-refractivity contribution in [2.24, 2.45) is 0 Å². The van der Waals surface area contributed by atoms with E-state index in [-0.39, 0.29) is 28.5 Å². The summed E-state index contributed by atoms with van der Waals surface area (Å²) in [5.41, 5.74) is 21.3. The molecule has 2 aliphatic carbocycles. The van der Waals surface area contributed by atoms with Gasteiger partial charge in [0.2, 0.25) is 0 Å². The van der Waals surface area contributed by atoms with Gasteiger partial charge >= 0.3 is 6.85 Å². The van der Waals surface area contributed by atoms with E-state index in [1.165, 1.54) is 170 Å². The fourth-order valence-electron chi connectivity index (χ4n) is 14.0. The summed E-state index contributed by atoms with van der Waals surface area (Å²) in [5, 5.41) is 6.42. The van der Waals surface area contributed by atoms with Crippen LogP contribution in [0.3, 0.4) is 0 Å². The number of anilines is 5. The molecule has 6 heteroatoms. The zero-order valence-electron chi connectivity index (χ0n) is 45.2. The Morgan fingerprint density at radius 2 is 1.04 bits per heavy atom. The smallest absolute Gasteiger partial charge is 0.343 e. The number of nitrogens with zero attached hydrogens (tertiary/aromatic N) is 2. The average molecular weight is 1010 g/mol. The van der Waals surface area contributed by atoms with Crippen LogP contribution in [0.25, 0.3) is 63.3 Å². The Morgan fingerprint density at radius 1 is 0.514 bits per heavy atom. The number of fused-ring (bicyclic) bond motifs is 15. The summed E-state index contributed by atoms with van der Waals surface area (Å²) in [6.45, 7) is 24.3. The van der Waals surface area contributed by atoms with Gasteiger partial charge in [-0.05, 0) is 185 Å². The van der Waals surface area contributed by atoms with Gasteiger partial charge in [0.15, 0.2) is 0 Å². The Morgan fingerprint density at radius 3 is 1.65 bits per heavy atom. The molecule has 0 saturated heterocycles. The van der Waals surface area contributed by atoms with E-state index >= 15 is 0 Å². The fraction of sp³-hybridized carbons (Fsp3) is 0.353. The second-order valence-electron chi connectivity index (χ2n) is 25.4. The highest BCUT2D eigenvalue weighted by atomic mass is 32.1. The summed E-state index contributed by atoms with van der Waals surface area (Å²) in [6.07, 6.45) is 11.7. The first-order valence-corrected chi connectivity index (χ1v) is 29.6. The van der Waals surface area contributed by atoms with Crippen molar-refractivity contribution >= 4 is 120 Å². The molecule has 0 radical (unpaired) electrons. The van der Waals surface area contributed by atoms with Crippen molar-refractivity contribution in [2.75, 3.05) is 9.71 Å². The van der Waals surface area contributed by atoms with E-state index in [0.29, 0.717) is 0 Å². The molecule has 5 heterocycles. The average Bonchev–Trinajstić information content (AvgIpc) is 4.08. The number of hydrogen-bond acceptors (Lipinski definition) is 5. The topological polar surface area (TPSA) is 19.6 Å². The molecule has 0 atom stereocenters. The highest BCUT2D eigenvalue weighted by Gasteiger charge is 2.49. The summed E-state index contributed by atoms with van der Waals surface area (Å²) < 4.78 is 12.8. The van der Waals surface area contributed by atoms with Crippen LogP contribution in [0, 0.1) is 0 Å². The first-order chi connectivity index (χ1) is 35.5. The Labute approximate surface area is 446 Å². The standard InChI is InChI=1S/C68H69BN2OS2/c1-11-13-17-40-21-25-42(26-22-40)70-55-36-47-44-19-15-16-20-56(44)72-63(47)60-48-33-45-46-34-50-52(67(7,8)31-29-65(50,3)4)37-57(46)73-59(45)39-54(48)71(43-27-23-41(24-28-43)18-14-12-2)69(61(55)60)64-62(70)49-35-51-53(38-58(49)74-64)68(9,10)32-30-66(51,5)6/h15-16,19-28,33-39H,11-14,17-18,29-32H2,1-10H3. The maximum absolute atomic E-state index is 7.30. The van der Waals surface area contributed by atoms with E-state index < -0.39 is 0 Å². The van der Waals surface area contributed by atoms with E-state index in [9.17, 15) is 0 Å². The van der Waals surface area contributed by atoms with E-state index in [0.717, 1.165) is 29.4 Å². The second kappa shape index (κ2) is 16.3. The number of para-hydroxylation sites is 1. The first-order valence-electron chi connectivity index (χ1n) is 28.0. The molecule has 74 heavy (non-hydrogen) atoms. The molecule has 0 bridgehead atoms. The van der Waals surface area contributed by atoms with Crippen molar-refractivity contribution in [3.63, 3.8) is 0 Å². The number of thiophene rings is 2. The number of unbranched alkanes of at least 4 members (excludes halogenated alkanes) is 2. The van der Waals surface area contributed by atoms with Gasteiger partial charge in [0.25, 0.3) is 0 Å². The van der Waals surface area contributed by atoms with E-state index in [1.807, 2.05) is 22.7 Å². The summed E-state index contributed by atoms with van der Waals surface area (Å²) in [7, 11) is 0. The maximum Gasteiger partial charge on any atom is 0.343 e. The molecule has 7 aromatic carbocycles. The van der Waals surface area contributed by atoms with E-state index in [4.69, 9.17) is 4.42 Å². The Hall–Kier alpha value is -5.82. The van der Waals surface area contributed by atoms with Crippen LogP contribution in [-0.2, 0) is 34.5 Å². The van der Waals surface area contributed by atoms with Gasteiger partial charge in [0.05, 0.1) is 5.69 Å². The van der Waals surface area contributed by atoms with Gasteiger partial charge in [-0.3, -0.25) is 0 Å². The molecule has 0 N–H and O–H groups in total. The highest BCUT2D eigenvalue weighted by Crippen LogP contribution is 2.57. The lowest BCUT2D eigenvalue weighted by atomic mass is 9.46. The van der Waals surface area contributed by atoms with Gasteiger partial charge in [0.1, 0.15) is 11.2 Å². The molecule has 3 nitrogen and oxygen atoms in total. The first kappa shape index (κ1) is 46.7. The van der Waals surface area contributed by atoms with Crippen molar-refractivity contribution in [1.82, 2.24) is 0 Å². The predicted molar refractivity (Wildman–Crippen MR) is 324 cm³/mol.